The summed E-state index contributed by atoms with van der Waals surface area (Å²) < 4.78 is 0. The third-order valence-corrected chi connectivity index (χ3v) is 24.2. The van der Waals surface area contributed by atoms with Crippen molar-refractivity contribution >= 4 is 129 Å². The predicted molar refractivity (Wildman–Crippen MR) is 473 cm³/mol. The zero-order chi connectivity index (χ0) is 72.2. The van der Waals surface area contributed by atoms with E-state index in [0.29, 0.717) is 0 Å². The highest BCUT2D eigenvalue weighted by atomic mass is 14.3. The minimum absolute atomic E-state index is 1.01. The molecule has 0 aromatic heterocycles. The molecule has 12 bridgehead atoms. The molecule has 0 spiro atoms. The maximum atomic E-state index is 2.59. The van der Waals surface area contributed by atoms with Gasteiger partial charge in [0.2, 0.25) is 0 Å². The van der Waals surface area contributed by atoms with Crippen molar-refractivity contribution in [1.29, 1.82) is 0 Å². The molecule has 0 unspecified atom stereocenters. The van der Waals surface area contributed by atoms with E-state index in [9.17, 15) is 0 Å². The van der Waals surface area contributed by atoms with E-state index < -0.39 is 0 Å². The monoisotopic (exact) mass is 1390 g/mol. The Labute approximate surface area is 635 Å². The summed E-state index contributed by atoms with van der Waals surface area (Å²) in [6.07, 6.45) is 17.4. The van der Waals surface area contributed by atoms with E-state index in [0.717, 1.165) is 38.5 Å². The first-order valence-corrected chi connectivity index (χ1v) is 40.3. The molecule has 0 N–H and O–H groups in total. The summed E-state index contributed by atoms with van der Waals surface area (Å²) in [5.41, 5.74) is 19.8. The van der Waals surface area contributed by atoms with Gasteiger partial charge in [0, 0.05) is 0 Å². The number of fused-ring (bicyclic) bond motifs is 18. The van der Waals surface area contributed by atoms with Gasteiger partial charge in [-0.25, -0.2) is 0 Å². The number of rotatable bonds is 21. The fraction of sp³-hybridized carbons (Fsp3) is 0.167. The molecule has 19 rings (SSSR count). The lowest BCUT2D eigenvalue weighted by atomic mass is 9.80. The molecule has 108 heavy (non-hydrogen) atoms. The average molecular weight is 1390 g/mol. The Kier molecular flexibility index (Phi) is 17.9. The fourth-order valence-corrected chi connectivity index (χ4v) is 19.0. The second kappa shape index (κ2) is 28.9. The Morgan fingerprint density at radius 1 is 0.167 bits per heavy atom. The summed E-state index contributed by atoms with van der Waals surface area (Å²) in [5.74, 6) is 0. The Bertz CT molecular complexity index is 6020. The summed E-state index contributed by atoms with van der Waals surface area (Å²) >= 11 is 0. The van der Waals surface area contributed by atoms with Crippen molar-refractivity contribution in [2.24, 2.45) is 0 Å². The number of hydrogen-bond acceptors (Lipinski definition) is 0. The first kappa shape index (κ1) is 66.9. The van der Waals surface area contributed by atoms with Gasteiger partial charge in [-0.05, 0) is 306 Å². The molecule has 0 nitrogen and oxygen atoms in total. The van der Waals surface area contributed by atoms with Crippen molar-refractivity contribution in [3.05, 3.63) is 326 Å². The molecule has 0 atom stereocenters. The molecule has 0 heteroatoms. The summed E-state index contributed by atoms with van der Waals surface area (Å²) in [7, 11) is 0. The van der Waals surface area contributed by atoms with E-state index in [4.69, 9.17) is 0 Å². The van der Waals surface area contributed by atoms with Crippen LogP contribution in [0.5, 0.6) is 0 Å². The van der Waals surface area contributed by atoms with Gasteiger partial charge in [0.05, 0.1) is 0 Å². The standard InChI is InChI=1S/C108H90/c1-4-7-10-19-46-82-67-91(70-34-22-13-23-35-70)103-85-55-49-76-61-94(85)97-64-79(52-58-88(97)106(103)100(82)73-40-28-16-29-41-73)77-50-56-86-95(62-77)99-66-81(54-60-90(99)108-102(75-44-32-18-33-45-75)83(47-20-11-8-5-2)68-92(104(86)108)71-36-24-14-25-37-71)78-51-57-87-96(63-78)98-65-80(76)53-59-89(98)107-101(74-42-30-17-31-43-74)84(48-21-12-9-6-3)69-93(105(87)107)72-38-26-15-27-39-72/h13-18,22-45,49-69H,4-12,19-21,46-48H2,1-3H3. The first-order valence-electron chi connectivity index (χ1n) is 40.3. The topological polar surface area (TPSA) is 0 Å². The summed E-state index contributed by atoms with van der Waals surface area (Å²) in [5, 5.41) is 30.4. The van der Waals surface area contributed by atoms with Crippen molar-refractivity contribution in [2.75, 3.05) is 0 Å². The fourth-order valence-electron chi connectivity index (χ4n) is 19.0. The molecule has 0 aliphatic rings. The van der Waals surface area contributed by atoms with Gasteiger partial charge in [-0.2, -0.15) is 0 Å². The zero-order valence-corrected chi connectivity index (χ0v) is 62.6. The van der Waals surface area contributed by atoms with Crippen LogP contribution in [0.2, 0.25) is 0 Å². The number of benzene rings is 18. The summed E-state index contributed by atoms with van der Waals surface area (Å²) in [6.45, 7) is 6.98. The van der Waals surface area contributed by atoms with Crippen LogP contribution >= 0.6 is 0 Å². The lowest BCUT2D eigenvalue weighted by Crippen LogP contribution is -1.98. The van der Waals surface area contributed by atoms with Crippen LogP contribution in [0.4, 0.5) is 0 Å². The van der Waals surface area contributed by atoms with Crippen LogP contribution in [0.1, 0.15) is 115 Å². The molecule has 0 aliphatic heterocycles. The smallest absolute Gasteiger partial charge is 0.00113 e. The third kappa shape index (κ3) is 11.8. The van der Waals surface area contributed by atoms with Crippen LogP contribution in [-0.2, 0) is 19.3 Å². The predicted octanol–water partition coefficient (Wildman–Crippen LogP) is 31.9. The summed E-state index contributed by atoms with van der Waals surface area (Å²) in [4.78, 5) is 0. The zero-order valence-electron chi connectivity index (χ0n) is 62.6. The van der Waals surface area contributed by atoms with Crippen molar-refractivity contribution in [1.82, 2.24) is 0 Å². The second-order valence-corrected chi connectivity index (χ2v) is 30.8. The Morgan fingerprint density at radius 2 is 0.370 bits per heavy atom. The normalized spacial score (nSPS) is 12.0. The van der Waals surface area contributed by atoms with Crippen LogP contribution in [0.15, 0.2) is 309 Å². The molecule has 19 aromatic carbocycles. The van der Waals surface area contributed by atoms with E-state index in [2.05, 4.69) is 330 Å². The van der Waals surface area contributed by atoms with E-state index in [-0.39, 0.29) is 0 Å². The van der Waals surface area contributed by atoms with Crippen LogP contribution in [0.3, 0.4) is 0 Å². The van der Waals surface area contributed by atoms with Crippen molar-refractivity contribution in [2.45, 2.75) is 117 Å². The molecule has 0 amide bonds. The van der Waals surface area contributed by atoms with Gasteiger partial charge in [0.15, 0.2) is 0 Å². The maximum Gasteiger partial charge on any atom is -0.00113 e. The molecule has 522 valence electrons. The lowest BCUT2D eigenvalue weighted by Gasteiger charge is -2.23. The highest BCUT2D eigenvalue weighted by Crippen LogP contribution is 2.53. The van der Waals surface area contributed by atoms with Crippen molar-refractivity contribution in [3.8, 4) is 66.8 Å². The Morgan fingerprint density at radius 3 is 0.583 bits per heavy atom. The molecule has 0 saturated heterocycles. The number of aryl methyl sites for hydroxylation is 3. The van der Waals surface area contributed by atoms with Crippen LogP contribution in [0, 0.1) is 0 Å². The molecular formula is C108H90. The van der Waals surface area contributed by atoms with Gasteiger partial charge in [0.25, 0.3) is 0 Å². The average Bonchev–Trinajstić information content (AvgIpc) is 0.716. The SMILES string of the molecule is CCCCCCc1cc(-c2ccccc2)c2c3ccc4cc3c3cc(ccc3c2c1-c1ccccc1)c1ccc2c(c1)c1cc(ccc1c1c(-c3ccccc3)c(CCCCCC)cc(-c3ccccc3)c21)c1ccc2c(c1)c1cc4ccc1c1c(-c3ccccc3)c(CCCCCC)cc(-c3ccccc3)c21. The van der Waals surface area contributed by atoms with Crippen LogP contribution in [0.25, 0.3) is 196 Å². The minimum Gasteiger partial charge on any atom is -0.0654 e. The van der Waals surface area contributed by atoms with E-state index in [1.54, 1.807) is 0 Å². The molecule has 0 aliphatic carbocycles. The molecule has 0 saturated carbocycles. The second-order valence-electron chi connectivity index (χ2n) is 30.8. The first-order chi connectivity index (χ1) is 53.5. The lowest BCUT2D eigenvalue weighted by molar-refractivity contribution is 0.667. The van der Waals surface area contributed by atoms with E-state index >= 15 is 0 Å². The Hall–Kier alpha value is -11.7. The van der Waals surface area contributed by atoms with Gasteiger partial charge in [-0.1, -0.05) is 333 Å². The summed E-state index contributed by atoms with van der Waals surface area (Å²) in [6, 6.07) is 121. The van der Waals surface area contributed by atoms with Gasteiger partial charge >= 0.3 is 0 Å². The highest BCUT2D eigenvalue weighted by Gasteiger charge is 2.26. The molecule has 19 aromatic rings. The third-order valence-electron chi connectivity index (χ3n) is 24.2. The largest absolute Gasteiger partial charge is 0.0654 e. The Balaban J connectivity index is 1.02. The molecule has 0 heterocycles. The number of hydrogen-bond donors (Lipinski definition) is 0. The van der Waals surface area contributed by atoms with E-state index in [1.165, 1.54) is 271 Å². The van der Waals surface area contributed by atoms with Gasteiger partial charge < -0.3 is 0 Å². The van der Waals surface area contributed by atoms with Gasteiger partial charge in [-0.15, -0.1) is 0 Å². The minimum atomic E-state index is 1.01. The van der Waals surface area contributed by atoms with Crippen LogP contribution < -0.4 is 0 Å². The molecular weight excluding hydrogens is 1300 g/mol. The number of unbranched alkanes of at least 4 members (excludes halogenated alkanes) is 9. The van der Waals surface area contributed by atoms with Crippen molar-refractivity contribution in [3.63, 3.8) is 0 Å². The highest BCUT2D eigenvalue weighted by molar-refractivity contribution is 6.37. The van der Waals surface area contributed by atoms with E-state index in [1.807, 2.05) is 0 Å². The van der Waals surface area contributed by atoms with Gasteiger partial charge in [-0.3, -0.25) is 0 Å². The molecule has 0 fully saturated rings. The maximum absolute atomic E-state index is 2.59. The van der Waals surface area contributed by atoms with Crippen molar-refractivity contribution < 1.29 is 0 Å². The molecule has 0 radical (unpaired) electrons. The quantitative estimate of drug-likeness (QED) is 0.0497. The van der Waals surface area contributed by atoms with Crippen LogP contribution in [-0.4, -0.2) is 0 Å². The van der Waals surface area contributed by atoms with Gasteiger partial charge in [0.1, 0.15) is 0 Å².